The van der Waals surface area contributed by atoms with E-state index in [1.165, 1.54) is 4.90 Å². The summed E-state index contributed by atoms with van der Waals surface area (Å²) in [5.41, 5.74) is 0.437. The fraction of sp³-hybridized carbons (Fsp3) is 0.467. The highest BCUT2D eigenvalue weighted by molar-refractivity contribution is 5.97. The van der Waals surface area contributed by atoms with Crippen LogP contribution >= 0.6 is 0 Å². The number of carboxylic acid groups (broad SMARTS) is 1. The number of aliphatic carboxylic acids is 1. The lowest BCUT2D eigenvalue weighted by atomic mass is 10.0. The van der Waals surface area contributed by atoms with Crippen LogP contribution in [0.2, 0.25) is 0 Å². The number of benzene rings is 1. The molecule has 0 spiro atoms. The van der Waals surface area contributed by atoms with Gasteiger partial charge in [0, 0.05) is 12.1 Å². The zero-order valence-electron chi connectivity index (χ0n) is 11.6. The maximum atomic E-state index is 12.6. The molecule has 2 heterocycles. The highest BCUT2D eigenvalue weighted by Gasteiger charge is 2.32. The van der Waals surface area contributed by atoms with Gasteiger partial charge in [-0.2, -0.15) is 0 Å². The van der Waals surface area contributed by atoms with Crippen LogP contribution in [-0.4, -0.2) is 47.7 Å². The van der Waals surface area contributed by atoms with Crippen molar-refractivity contribution in [2.45, 2.75) is 25.3 Å². The van der Waals surface area contributed by atoms with E-state index in [-0.39, 0.29) is 5.91 Å². The number of carbonyl (C=O) groups excluding carboxylic acids is 1. The second kappa shape index (κ2) is 5.63. The Morgan fingerprint density at radius 1 is 1.14 bits per heavy atom. The highest BCUT2D eigenvalue weighted by atomic mass is 16.6. The van der Waals surface area contributed by atoms with Crippen LogP contribution in [-0.2, 0) is 4.79 Å². The second-order valence-corrected chi connectivity index (χ2v) is 5.21. The monoisotopic (exact) mass is 291 g/mol. The van der Waals surface area contributed by atoms with Crippen molar-refractivity contribution in [3.8, 4) is 11.5 Å². The predicted molar refractivity (Wildman–Crippen MR) is 73.7 cm³/mol. The van der Waals surface area contributed by atoms with E-state index in [1.54, 1.807) is 18.2 Å². The first kappa shape index (κ1) is 13.7. The fourth-order valence-electron chi connectivity index (χ4n) is 2.77. The topological polar surface area (TPSA) is 76.1 Å². The van der Waals surface area contributed by atoms with Crippen LogP contribution in [0.15, 0.2) is 18.2 Å². The zero-order chi connectivity index (χ0) is 14.8. The van der Waals surface area contributed by atoms with Crippen molar-refractivity contribution < 1.29 is 24.2 Å². The van der Waals surface area contributed by atoms with Gasteiger partial charge in [0.05, 0.1) is 0 Å². The highest BCUT2D eigenvalue weighted by Crippen LogP contribution is 2.31. The molecule has 1 aromatic rings. The number of hydrogen-bond acceptors (Lipinski definition) is 4. The molecular weight excluding hydrogens is 274 g/mol. The third-order valence-corrected chi connectivity index (χ3v) is 3.84. The number of likely N-dealkylation sites (tertiary alicyclic amines) is 1. The Kier molecular flexibility index (Phi) is 3.68. The molecule has 1 fully saturated rings. The lowest BCUT2D eigenvalue weighted by Crippen LogP contribution is -2.48. The second-order valence-electron chi connectivity index (χ2n) is 5.21. The van der Waals surface area contributed by atoms with E-state index < -0.39 is 12.0 Å². The predicted octanol–water partition coefficient (Wildman–Crippen LogP) is 1.54. The van der Waals surface area contributed by atoms with Gasteiger partial charge in [0.1, 0.15) is 19.3 Å². The van der Waals surface area contributed by atoms with Gasteiger partial charge in [0.2, 0.25) is 0 Å². The average molecular weight is 291 g/mol. The molecule has 2 aliphatic heterocycles. The Morgan fingerprint density at radius 2 is 1.90 bits per heavy atom. The number of carbonyl (C=O) groups is 2. The summed E-state index contributed by atoms with van der Waals surface area (Å²) in [5.74, 6) is -0.0538. The smallest absolute Gasteiger partial charge is 0.326 e. The van der Waals surface area contributed by atoms with E-state index in [0.717, 1.165) is 12.8 Å². The molecule has 0 unspecified atom stereocenters. The van der Waals surface area contributed by atoms with Crippen LogP contribution < -0.4 is 9.47 Å². The lowest BCUT2D eigenvalue weighted by Gasteiger charge is -2.33. The Hall–Kier alpha value is -2.24. The molecule has 1 amide bonds. The van der Waals surface area contributed by atoms with Crippen molar-refractivity contribution in [2.75, 3.05) is 19.8 Å². The molecule has 0 aliphatic carbocycles. The molecule has 112 valence electrons. The number of fused-ring (bicyclic) bond motifs is 1. The number of hydrogen-bond donors (Lipinski definition) is 1. The van der Waals surface area contributed by atoms with Gasteiger partial charge in [-0.05, 0) is 37.5 Å². The number of rotatable bonds is 2. The quantitative estimate of drug-likeness (QED) is 0.894. The first-order valence-electron chi connectivity index (χ1n) is 7.10. The number of ether oxygens (including phenoxy) is 2. The number of piperidine rings is 1. The molecule has 0 aromatic heterocycles. The van der Waals surface area contributed by atoms with Crippen molar-refractivity contribution in [1.29, 1.82) is 0 Å². The molecule has 0 radical (unpaired) electrons. The van der Waals surface area contributed by atoms with Gasteiger partial charge in [0.25, 0.3) is 5.91 Å². The fourth-order valence-corrected chi connectivity index (χ4v) is 2.77. The van der Waals surface area contributed by atoms with E-state index in [9.17, 15) is 14.7 Å². The minimum Gasteiger partial charge on any atom is -0.486 e. The maximum Gasteiger partial charge on any atom is 0.326 e. The van der Waals surface area contributed by atoms with Gasteiger partial charge < -0.3 is 19.5 Å². The zero-order valence-corrected chi connectivity index (χ0v) is 11.6. The molecular formula is C15H17NO5. The molecule has 1 atom stereocenters. The number of nitrogens with zero attached hydrogens (tertiary/aromatic N) is 1. The molecule has 1 saturated heterocycles. The summed E-state index contributed by atoms with van der Waals surface area (Å²) >= 11 is 0. The summed E-state index contributed by atoms with van der Waals surface area (Å²) in [6, 6.07) is 4.24. The van der Waals surface area contributed by atoms with Gasteiger partial charge in [-0.1, -0.05) is 0 Å². The molecule has 3 rings (SSSR count). The van der Waals surface area contributed by atoms with Crippen molar-refractivity contribution in [1.82, 2.24) is 4.90 Å². The largest absolute Gasteiger partial charge is 0.486 e. The minimum atomic E-state index is -0.944. The maximum absolute atomic E-state index is 12.6. The lowest BCUT2D eigenvalue weighted by molar-refractivity contribution is -0.143. The molecule has 6 heteroatoms. The first-order valence-corrected chi connectivity index (χ1v) is 7.10. The molecule has 0 bridgehead atoms. The summed E-state index contributed by atoms with van der Waals surface area (Å²) in [4.78, 5) is 25.3. The molecule has 6 nitrogen and oxygen atoms in total. The summed E-state index contributed by atoms with van der Waals surface area (Å²) < 4.78 is 10.9. The van der Waals surface area contributed by atoms with Gasteiger partial charge in [-0.3, -0.25) is 4.79 Å². The first-order chi connectivity index (χ1) is 10.2. The van der Waals surface area contributed by atoms with Gasteiger partial charge in [-0.25, -0.2) is 4.79 Å². The molecule has 1 N–H and O–H groups in total. The standard InChI is InChI=1S/C15H17NO5/c17-14(16-6-2-1-3-11(16)15(18)19)10-4-5-12-13(9-10)21-8-7-20-12/h4-5,9,11H,1-3,6-8H2,(H,18,19)/t11-/m1/s1. The van der Waals surface area contributed by atoms with E-state index in [1.807, 2.05) is 0 Å². The Balaban J connectivity index is 1.85. The summed E-state index contributed by atoms with van der Waals surface area (Å²) in [7, 11) is 0. The summed E-state index contributed by atoms with van der Waals surface area (Å²) in [6.45, 7) is 1.42. The van der Waals surface area contributed by atoms with Crippen LogP contribution in [0.3, 0.4) is 0 Å². The van der Waals surface area contributed by atoms with Crippen LogP contribution in [0, 0.1) is 0 Å². The molecule has 2 aliphatic rings. The molecule has 21 heavy (non-hydrogen) atoms. The third-order valence-electron chi connectivity index (χ3n) is 3.84. The molecule has 1 aromatic carbocycles. The van der Waals surface area contributed by atoms with Crippen molar-refractivity contribution >= 4 is 11.9 Å². The Morgan fingerprint density at radius 3 is 2.67 bits per heavy atom. The number of carboxylic acids is 1. The van der Waals surface area contributed by atoms with Crippen molar-refractivity contribution in [3.05, 3.63) is 23.8 Å². The van der Waals surface area contributed by atoms with Gasteiger partial charge in [0.15, 0.2) is 11.5 Å². The van der Waals surface area contributed by atoms with Gasteiger partial charge >= 0.3 is 5.97 Å². The third kappa shape index (κ3) is 2.66. The van der Waals surface area contributed by atoms with Crippen molar-refractivity contribution in [2.24, 2.45) is 0 Å². The average Bonchev–Trinajstić information content (AvgIpc) is 2.53. The van der Waals surface area contributed by atoms with Crippen LogP contribution in [0.1, 0.15) is 29.6 Å². The van der Waals surface area contributed by atoms with Crippen LogP contribution in [0.4, 0.5) is 0 Å². The summed E-state index contributed by atoms with van der Waals surface area (Å²) in [6.07, 6.45) is 2.17. The minimum absolute atomic E-state index is 0.265. The Bertz CT molecular complexity index is 571. The van der Waals surface area contributed by atoms with Crippen LogP contribution in [0.5, 0.6) is 11.5 Å². The van der Waals surface area contributed by atoms with Crippen molar-refractivity contribution in [3.63, 3.8) is 0 Å². The van der Waals surface area contributed by atoms with E-state index in [0.29, 0.717) is 43.2 Å². The van der Waals surface area contributed by atoms with E-state index in [4.69, 9.17) is 9.47 Å². The van der Waals surface area contributed by atoms with Gasteiger partial charge in [-0.15, -0.1) is 0 Å². The van der Waals surface area contributed by atoms with E-state index in [2.05, 4.69) is 0 Å². The van der Waals surface area contributed by atoms with Crippen LogP contribution in [0.25, 0.3) is 0 Å². The SMILES string of the molecule is O=C(O)[C@H]1CCCCN1C(=O)c1ccc2c(c1)OCCO2. The summed E-state index contributed by atoms with van der Waals surface area (Å²) in [5, 5.41) is 9.26. The Labute approximate surface area is 122 Å². The normalized spacial score (nSPS) is 21.0. The molecule has 0 saturated carbocycles. The van der Waals surface area contributed by atoms with E-state index >= 15 is 0 Å². The number of amides is 1.